The van der Waals surface area contributed by atoms with Crippen molar-refractivity contribution in [1.82, 2.24) is 4.98 Å². The van der Waals surface area contributed by atoms with Crippen molar-refractivity contribution < 1.29 is 0 Å². The summed E-state index contributed by atoms with van der Waals surface area (Å²) in [5.74, 6) is 0. The zero-order chi connectivity index (χ0) is 10.8. The number of pyridine rings is 1. The van der Waals surface area contributed by atoms with Crippen LogP contribution in [-0.4, -0.2) is 4.98 Å². The maximum absolute atomic E-state index is 5.95. The number of nitrogens with two attached hydrogens (primary N) is 2. The summed E-state index contributed by atoms with van der Waals surface area (Å²) in [5, 5.41) is 0. The van der Waals surface area contributed by atoms with Gasteiger partial charge in [-0.2, -0.15) is 0 Å². The number of aryl methyl sites for hydroxylation is 1. The number of aromatic nitrogens is 1. The zero-order valence-electron chi connectivity index (χ0n) is 8.57. The zero-order valence-corrected chi connectivity index (χ0v) is 8.57. The second kappa shape index (κ2) is 3.61. The Labute approximate surface area is 88.8 Å². The summed E-state index contributed by atoms with van der Waals surface area (Å²) < 4.78 is 0. The van der Waals surface area contributed by atoms with Crippen LogP contribution in [0.3, 0.4) is 0 Å². The van der Waals surface area contributed by atoms with Crippen molar-refractivity contribution in [3.05, 3.63) is 42.2 Å². The lowest BCUT2D eigenvalue weighted by Crippen LogP contribution is -1.95. The second-order valence-corrected chi connectivity index (χ2v) is 3.55. The summed E-state index contributed by atoms with van der Waals surface area (Å²) in [5.41, 5.74) is 16.2. The standard InChI is InChI=1S/C12H13N3/c1-8-2-3-9(11(13)6-8)10-4-5-15-7-12(10)14/h2-7H,13-14H2,1H3. The van der Waals surface area contributed by atoms with E-state index >= 15 is 0 Å². The van der Waals surface area contributed by atoms with E-state index in [4.69, 9.17) is 11.5 Å². The lowest BCUT2D eigenvalue weighted by atomic mass is 10.0. The number of rotatable bonds is 1. The Morgan fingerprint density at radius 1 is 1.00 bits per heavy atom. The molecule has 0 saturated carbocycles. The molecule has 0 radical (unpaired) electrons. The lowest BCUT2D eigenvalue weighted by molar-refractivity contribution is 1.33. The van der Waals surface area contributed by atoms with Gasteiger partial charge >= 0.3 is 0 Å². The number of nitrogens with zero attached hydrogens (tertiary/aromatic N) is 1. The molecule has 15 heavy (non-hydrogen) atoms. The third kappa shape index (κ3) is 1.76. The second-order valence-electron chi connectivity index (χ2n) is 3.55. The van der Waals surface area contributed by atoms with Crippen LogP contribution in [0.25, 0.3) is 11.1 Å². The van der Waals surface area contributed by atoms with Crippen LogP contribution in [0.4, 0.5) is 11.4 Å². The van der Waals surface area contributed by atoms with Crippen molar-refractivity contribution in [3.8, 4) is 11.1 Å². The SMILES string of the molecule is Cc1ccc(-c2ccncc2N)c(N)c1. The van der Waals surface area contributed by atoms with E-state index in [2.05, 4.69) is 4.98 Å². The Morgan fingerprint density at radius 3 is 2.40 bits per heavy atom. The fourth-order valence-corrected chi connectivity index (χ4v) is 1.58. The highest BCUT2D eigenvalue weighted by molar-refractivity contribution is 5.83. The molecule has 0 aliphatic carbocycles. The lowest BCUT2D eigenvalue weighted by Gasteiger charge is -2.08. The molecule has 0 unspecified atom stereocenters. The fourth-order valence-electron chi connectivity index (χ4n) is 1.58. The van der Waals surface area contributed by atoms with Crippen LogP contribution in [0.5, 0.6) is 0 Å². The molecular weight excluding hydrogens is 186 g/mol. The predicted octanol–water partition coefficient (Wildman–Crippen LogP) is 2.22. The van der Waals surface area contributed by atoms with E-state index in [-0.39, 0.29) is 0 Å². The molecule has 2 aromatic rings. The average Bonchev–Trinajstić information content (AvgIpc) is 2.20. The number of benzene rings is 1. The number of hydrogen-bond acceptors (Lipinski definition) is 3. The monoisotopic (exact) mass is 199 g/mol. The molecule has 3 heteroatoms. The van der Waals surface area contributed by atoms with Crippen molar-refractivity contribution in [1.29, 1.82) is 0 Å². The summed E-state index contributed by atoms with van der Waals surface area (Å²) in [7, 11) is 0. The van der Waals surface area contributed by atoms with Gasteiger partial charge in [-0.05, 0) is 24.6 Å². The summed E-state index contributed by atoms with van der Waals surface area (Å²) in [6.45, 7) is 2.01. The molecule has 76 valence electrons. The molecule has 0 aliphatic rings. The number of nitrogen functional groups attached to an aromatic ring is 2. The van der Waals surface area contributed by atoms with Crippen LogP contribution in [0.2, 0.25) is 0 Å². The van der Waals surface area contributed by atoms with E-state index in [0.29, 0.717) is 5.69 Å². The highest BCUT2D eigenvalue weighted by Crippen LogP contribution is 2.30. The van der Waals surface area contributed by atoms with Gasteiger partial charge in [-0.25, -0.2) is 0 Å². The minimum absolute atomic E-state index is 0.646. The van der Waals surface area contributed by atoms with Crippen molar-refractivity contribution >= 4 is 11.4 Å². The molecule has 0 spiro atoms. The van der Waals surface area contributed by atoms with Crippen molar-refractivity contribution in [2.24, 2.45) is 0 Å². The molecule has 0 aliphatic heterocycles. The molecule has 3 nitrogen and oxygen atoms in total. The van der Waals surface area contributed by atoms with Gasteiger partial charge in [0.2, 0.25) is 0 Å². The molecule has 2 rings (SSSR count). The molecule has 0 amide bonds. The van der Waals surface area contributed by atoms with Crippen LogP contribution in [0.15, 0.2) is 36.7 Å². The molecule has 1 aromatic heterocycles. The van der Waals surface area contributed by atoms with Crippen LogP contribution in [0.1, 0.15) is 5.56 Å². The predicted molar refractivity (Wildman–Crippen MR) is 63.2 cm³/mol. The highest BCUT2D eigenvalue weighted by atomic mass is 14.7. The topological polar surface area (TPSA) is 64.9 Å². The Hall–Kier alpha value is -2.03. The van der Waals surface area contributed by atoms with E-state index in [9.17, 15) is 0 Å². The molecule has 1 aromatic carbocycles. The quantitative estimate of drug-likeness (QED) is 0.692. The minimum Gasteiger partial charge on any atom is -0.398 e. The van der Waals surface area contributed by atoms with Crippen molar-refractivity contribution in [3.63, 3.8) is 0 Å². The van der Waals surface area contributed by atoms with E-state index < -0.39 is 0 Å². The van der Waals surface area contributed by atoms with Gasteiger partial charge in [0.05, 0.1) is 11.9 Å². The minimum atomic E-state index is 0.646. The van der Waals surface area contributed by atoms with E-state index in [1.165, 1.54) is 0 Å². The molecule has 0 bridgehead atoms. The Balaban J connectivity index is 2.60. The third-order valence-corrected chi connectivity index (χ3v) is 2.35. The van der Waals surface area contributed by atoms with Gasteiger partial charge in [-0.3, -0.25) is 4.98 Å². The Morgan fingerprint density at radius 2 is 1.73 bits per heavy atom. The maximum Gasteiger partial charge on any atom is 0.0581 e. The Bertz CT molecular complexity index is 492. The van der Waals surface area contributed by atoms with Crippen LogP contribution >= 0.6 is 0 Å². The van der Waals surface area contributed by atoms with Crippen molar-refractivity contribution in [2.45, 2.75) is 6.92 Å². The largest absolute Gasteiger partial charge is 0.398 e. The highest BCUT2D eigenvalue weighted by Gasteiger charge is 2.05. The molecule has 0 fully saturated rings. The van der Waals surface area contributed by atoms with E-state index in [1.54, 1.807) is 12.4 Å². The van der Waals surface area contributed by atoms with Gasteiger partial charge in [-0.1, -0.05) is 12.1 Å². The Kier molecular flexibility index (Phi) is 2.29. The molecule has 4 N–H and O–H groups in total. The first kappa shape index (κ1) is 9.52. The van der Waals surface area contributed by atoms with Gasteiger partial charge in [0.1, 0.15) is 0 Å². The van der Waals surface area contributed by atoms with Gasteiger partial charge in [0.15, 0.2) is 0 Å². The first-order valence-corrected chi connectivity index (χ1v) is 4.74. The third-order valence-electron chi connectivity index (χ3n) is 2.35. The van der Waals surface area contributed by atoms with Crippen molar-refractivity contribution in [2.75, 3.05) is 11.5 Å². The first-order valence-electron chi connectivity index (χ1n) is 4.74. The van der Waals surface area contributed by atoms with Gasteiger partial charge in [0, 0.05) is 23.0 Å². The van der Waals surface area contributed by atoms with E-state index in [0.717, 1.165) is 22.4 Å². The fraction of sp³-hybridized carbons (Fsp3) is 0.0833. The normalized spacial score (nSPS) is 10.2. The summed E-state index contributed by atoms with van der Waals surface area (Å²) in [6.07, 6.45) is 3.35. The van der Waals surface area contributed by atoms with E-state index in [1.807, 2.05) is 31.2 Å². The smallest absolute Gasteiger partial charge is 0.0581 e. The molecule has 0 saturated heterocycles. The molecule has 0 atom stereocenters. The van der Waals surface area contributed by atoms with Crippen LogP contribution in [-0.2, 0) is 0 Å². The summed E-state index contributed by atoms with van der Waals surface area (Å²) in [4.78, 5) is 3.95. The van der Waals surface area contributed by atoms with Gasteiger partial charge in [-0.15, -0.1) is 0 Å². The van der Waals surface area contributed by atoms with Gasteiger partial charge in [0.25, 0.3) is 0 Å². The summed E-state index contributed by atoms with van der Waals surface area (Å²) in [6, 6.07) is 7.81. The number of hydrogen-bond donors (Lipinski definition) is 2. The summed E-state index contributed by atoms with van der Waals surface area (Å²) >= 11 is 0. The van der Waals surface area contributed by atoms with Gasteiger partial charge < -0.3 is 11.5 Å². The van der Waals surface area contributed by atoms with Crippen LogP contribution in [0, 0.1) is 6.92 Å². The molecule has 1 heterocycles. The molecular formula is C12H13N3. The maximum atomic E-state index is 5.95. The first-order chi connectivity index (χ1) is 7.18. The average molecular weight is 199 g/mol. The van der Waals surface area contributed by atoms with Crippen LogP contribution < -0.4 is 11.5 Å². The number of anilines is 2.